The van der Waals surface area contributed by atoms with Crippen LogP contribution in [0.15, 0.2) is 79.0 Å². The summed E-state index contributed by atoms with van der Waals surface area (Å²) < 4.78 is 11.3. The van der Waals surface area contributed by atoms with Gasteiger partial charge in [-0.1, -0.05) is 81.5 Å². The molecule has 3 aromatic carbocycles. The number of aromatic hydroxyl groups is 2. The van der Waals surface area contributed by atoms with Gasteiger partial charge in [-0.05, 0) is 66.8 Å². The van der Waals surface area contributed by atoms with Gasteiger partial charge in [0.2, 0.25) is 29.5 Å². The first-order valence-electron chi connectivity index (χ1n) is 23.1. The van der Waals surface area contributed by atoms with E-state index in [4.69, 9.17) is 9.47 Å². The number of carboxylic acid groups (broad SMARTS) is 1. The number of aromatic amines is 1. The minimum atomic E-state index is -1.62. The number of ether oxygens (including phenoxy) is 2. The molecule has 2 saturated heterocycles. The monoisotopic (exact) mass is 953 g/mol. The van der Waals surface area contributed by atoms with Gasteiger partial charge in [-0.15, -0.1) is 0 Å². The molecule has 0 spiro atoms. The Morgan fingerprint density at radius 2 is 1.38 bits per heavy atom. The molecule has 4 aromatic rings. The highest BCUT2D eigenvalue weighted by molar-refractivity contribution is 5.98. The Morgan fingerprint density at radius 1 is 0.725 bits per heavy atom. The van der Waals surface area contributed by atoms with Crippen LogP contribution in [0.25, 0.3) is 10.9 Å². The fraction of sp³-hybridized carbons (Fsp3) is 0.429. The fourth-order valence-corrected chi connectivity index (χ4v) is 8.13. The molecule has 5 unspecified atom stereocenters. The summed E-state index contributed by atoms with van der Waals surface area (Å²) in [6.07, 6.45) is 2.93. The number of fused-ring (bicyclic) bond motifs is 1. The largest absolute Gasteiger partial charge is 0.508 e. The molecule has 3 heterocycles. The summed E-state index contributed by atoms with van der Waals surface area (Å²) in [7, 11) is 0. The van der Waals surface area contributed by atoms with E-state index in [1.165, 1.54) is 43.3 Å². The van der Waals surface area contributed by atoms with Crippen molar-refractivity contribution in [2.75, 3.05) is 6.54 Å². The number of esters is 1. The van der Waals surface area contributed by atoms with E-state index in [0.29, 0.717) is 28.5 Å². The molecule has 69 heavy (non-hydrogen) atoms. The zero-order valence-electron chi connectivity index (χ0n) is 38.3. The number of phenols is 2. The average molecular weight is 954 g/mol. The second-order valence-corrected chi connectivity index (χ2v) is 17.3. The van der Waals surface area contributed by atoms with Crippen molar-refractivity contribution in [2.45, 2.75) is 127 Å². The van der Waals surface area contributed by atoms with Gasteiger partial charge in [0.15, 0.2) is 6.10 Å². The first-order valence-corrected chi connectivity index (χ1v) is 23.1. The van der Waals surface area contributed by atoms with Crippen LogP contribution >= 0.6 is 0 Å². The fourth-order valence-electron chi connectivity index (χ4n) is 8.13. The molecule has 2 fully saturated rings. The molecule has 20 nitrogen and oxygen atoms in total. The van der Waals surface area contributed by atoms with E-state index in [1.807, 2.05) is 0 Å². The first kappa shape index (κ1) is 50.9. The van der Waals surface area contributed by atoms with Crippen molar-refractivity contribution in [3.05, 3.63) is 95.7 Å². The van der Waals surface area contributed by atoms with Crippen LogP contribution in [0.5, 0.6) is 11.5 Å². The molecule has 1 aromatic heterocycles. The maximum Gasteiger partial charge on any atom is 0.325 e. The lowest BCUT2D eigenvalue weighted by molar-refractivity contribution is -0.152. The highest BCUT2D eigenvalue weighted by Gasteiger charge is 2.46. The Morgan fingerprint density at radius 3 is 2.10 bits per heavy atom. The maximum absolute atomic E-state index is 14.5. The molecule has 368 valence electrons. The molecule has 0 bridgehead atoms. The summed E-state index contributed by atoms with van der Waals surface area (Å²) in [6.45, 7) is 2.65. The van der Waals surface area contributed by atoms with Crippen LogP contribution in [0.3, 0.4) is 0 Å². The van der Waals surface area contributed by atoms with E-state index in [-0.39, 0.29) is 29.9 Å². The summed E-state index contributed by atoms with van der Waals surface area (Å²) in [5.41, 5.74) is 1.72. The number of benzene rings is 3. The quantitative estimate of drug-likeness (QED) is 0.0438. The summed E-state index contributed by atoms with van der Waals surface area (Å²) in [4.78, 5) is 114. The Balaban J connectivity index is 1.35. The number of carboxylic acids is 1. The third kappa shape index (κ3) is 14.5. The summed E-state index contributed by atoms with van der Waals surface area (Å²) >= 11 is 0. The number of rotatable bonds is 16. The number of epoxide rings is 1. The zero-order valence-corrected chi connectivity index (χ0v) is 38.3. The SMILES string of the molecule is CCCCCCCC1OC1C(=O)NC1C(=O)NC(Cc2ccccc2)C(=O)NC(CCC(=O)O)C(=O)N[C@@H](Cc2c[nH]c3ccc(O)cc23)C(=O)N[C@H](c2ccc(O)cc2)C(=O)NCC(=O)O[C@@H]1C. The summed E-state index contributed by atoms with van der Waals surface area (Å²) in [5, 5.41) is 46.0. The lowest BCUT2D eigenvalue weighted by atomic mass is 10.0. The van der Waals surface area contributed by atoms with Crippen molar-refractivity contribution in [3.63, 3.8) is 0 Å². The summed E-state index contributed by atoms with van der Waals surface area (Å²) in [6, 6.07) is 10.4. The Bertz CT molecular complexity index is 2480. The van der Waals surface area contributed by atoms with Gasteiger partial charge in [0, 0.05) is 36.4 Å². The van der Waals surface area contributed by atoms with Gasteiger partial charge in [-0.25, -0.2) is 0 Å². The second kappa shape index (κ2) is 24.0. The smallest absolute Gasteiger partial charge is 0.325 e. The molecular weight excluding hydrogens is 895 g/mol. The van der Waals surface area contributed by atoms with E-state index >= 15 is 0 Å². The average Bonchev–Trinajstić information content (AvgIpc) is 4.00. The van der Waals surface area contributed by atoms with Gasteiger partial charge < -0.3 is 61.7 Å². The molecule has 10 N–H and O–H groups in total. The zero-order chi connectivity index (χ0) is 49.6. The number of nitrogens with one attached hydrogen (secondary N) is 7. The van der Waals surface area contributed by atoms with Gasteiger partial charge in [0.25, 0.3) is 5.91 Å². The molecule has 2 aliphatic heterocycles. The van der Waals surface area contributed by atoms with E-state index in [0.717, 1.165) is 32.1 Å². The normalized spacial score (nSPS) is 24.0. The van der Waals surface area contributed by atoms with Crippen molar-refractivity contribution in [1.29, 1.82) is 0 Å². The lowest BCUT2D eigenvalue weighted by Gasteiger charge is -2.28. The number of carbonyl (C=O) groups excluding carboxylic acids is 7. The Labute approximate surface area is 397 Å². The molecule has 0 saturated carbocycles. The van der Waals surface area contributed by atoms with Crippen LogP contribution in [0, 0.1) is 0 Å². The number of hydrogen-bond acceptors (Lipinski definition) is 12. The number of amides is 6. The maximum atomic E-state index is 14.5. The molecule has 0 radical (unpaired) electrons. The highest BCUT2D eigenvalue weighted by Crippen LogP contribution is 2.29. The van der Waals surface area contributed by atoms with Gasteiger partial charge in [-0.2, -0.15) is 0 Å². The second-order valence-electron chi connectivity index (χ2n) is 17.3. The number of phenolic OH excluding ortho intramolecular Hbond substituents is 2. The van der Waals surface area contributed by atoms with Crippen LogP contribution in [0.2, 0.25) is 0 Å². The predicted octanol–water partition coefficient (Wildman–Crippen LogP) is 2.22. The van der Waals surface area contributed by atoms with Gasteiger partial charge in [-0.3, -0.25) is 38.4 Å². The third-order valence-corrected chi connectivity index (χ3v) is 12.0. The van der Waals surface area contributed by atoms with Crippen molar-refractivity contribution < 1.29 is 63.1 Å². The number of aliphatic carboxylic acids is 1. The molecule has 20 heteroatoms. The van der Waals surface area contributed by atoms with Gasteiger partial charge >= 0.3 is 11.9 Å². The van der Waals surface area contributed by atoms with Crippen LogP contribution in [0.4, 0.5) is 0 Å². The molecule has 6 rings (SSSR count). The van der Waals surface area contributed by atoms with Crippen LogP contribution in [-0.2, 0) is 60.7 Å². The van der Waals surface area contributed by atoms with E-state index in [2.05, 4.69) is 43.8 Å². The van der Waals surface area contributed by atoms with E-state index in [1.54, 1.807) is 42.6 Å². The number of cyclic esters (lactones) is 1. The molecule has 0 aliphatic carbocycles. The summed E-state index contributed by atoms with van der Waals surface area (Å²) in [5.74, 6) is -8.03. The highest BCUT2D eigenvalue weighted by atomic mass is 16.6. The van der Waals surface area contributed by atoms with Crippen LogP contribution in [-0.4, -0.2) is 117 Å². The van der Waals surface area contributed by atoms with Gasteiger partial charge in [0.1, 0.15) is 54.4 Å². The van der Waals surface area contributed by atoms with Crippen molar-refractivity contribution in [1.82, 2.24) is 36.9 Å². The topological polar surface area (TPSA) is 307 Å². The number of unbranched alkanes of at least 4 members (excludes halogenated alkanes) is 4. The van der Waals surface area contributed by atoms with E-state index in [9.17, 15) is 53.7 Å². The first-order chi connectivity index (χ1) is 33.1. The van der Waals surface area contributed by atoms with Crippen molar-refractivity contribution in [3.8, 4) is 11.5 Å². The van der Waals surface area contributed by atoms with Crippen molar-refractivity contribution >= 4 is 58.3 Å². The van der Waals surface area contributed by atoms with Crippen LogP contribution < -0.4 is 31.9 Å². The minimum Gasteiger partial charge on any atom is -0.508 e. The number of carbonyl (C=O) groups is 8. The predicted molar refractivity (Wildman–Crippen MR) is 248 cm³/mol. The number of H-pyrrole nitrogens is 1. The van der Waals surface area contributed by atoms with Gasteiger partial charge in [0.05, 0.1) is 6.10 Å². The molecule has 8 atom stereocenters. The Kier molecular flexibility index (Phi) is 17.7. The third-order valence-electron chi connectivity index (χ3n) is 12.0. The minimum absolute atomic E-state index is 0.0919. The van der Waals surface area contributed by atoms with Crippen LogP contribution in [0.1, 0.15) is 87.9 Å². The Hall–Kier alpha value is -7.48. The molecular formula is C49H59N7O13. The molecule has 2 aliphatic rings. The lowest BCUT2D eigenvalue weighted by Crippen LogP contribution is -2.61. The molecule has 6 amide bonds. The van der Waals surface area contributed by atoms with E-state index < -0.39 is 115 Å². The number of aromatic nitrogens is 1. The van der Waals surface area contributed by atoms with Crippen molar-refractivity contribution in [2.24, 2.45) is 0 Å². The standard InChI is InChI=1S/C49H59N7O13/c1-3-4-5-6-10-13-38-43(69-38)49(67)55-41-27(2)68-40(61)26-51-47(65)42(29-14-16-31(57)17-15-29)56-46(64)37(23-30-25-50-34-19-18-32(58)24-33(30)34)53-44(62)35(20-21-39(59)60)52-45(63)36(54-48(41)66)22-28-11-8-7-9-12-28/h7-9,11-12,14-19,24-25,27,35-38,41-43,50,57-58H,3-6,10,13,20-23,26H2,1-2H3,(H,51,65)(H,52,63)(H,53,62)(H,54,66)(H,55,67)(H,56,64)(H,59,60)/t27-,35?,36?,37+,38?,41?,42-,43?/m1/s1. The number of hydrogen-bond donors (Lipinski definition) is 10.